The number of para-hydroxylation sites is 1. The van der Waals surface area contributed by atoms with Crippen molar-refractivity contribution in [3.8, 4) is 0 Å². The van der Waals surface area contributed by atoms with Gasteiger partial charge in [0.1, 0.15) is 0 Å². The van der Waals surface area contributed by atoms with E-state index >= 15 is 0 Å². The molecule has 0 aliphatic rings. The minimum atomic E-state index is -0.231. The SMILES string of the molecule is CCCOCCN(C(=O)CSCCC(=O)OCC)c1c(Br)cccc1Br. The van der Waals surface area contributed by atoms with Gasteiger partial charge < -0.3 is 14.4 Å². The first-order chi connectivity index (χ1) is 12.5. The van der Waals surface area contributed by atoms with Gasteiger partial charge in [0.25, 0.3) is 0 Å². The number of nitrogens with zero attached hydrogens (tertiary/aromatic N) is 1. The van der Waals surface area contributed by atoms with Crippen molar-refractivity contribution in [1.82, 2.24) is 0 Å². The van der Waals surface area contributed by atoms with E-state index in [4.69, 9.17) is 9.47 Å². The van der Waals surface area contributed by atoms with Gasteiger partial charge in [0.05, 0.1) is 31.1 Å². The maximum absolute atomic E-state index is 12.8. The number of halogens is 2. The molecule has 146 valence electrons. The summed E-state index contributed by atoms with van der Waals surface area (Å²) in [6.07, 6.45) is 1.25. The number of benzene rings is 1. The Morgan fingerprint density at radius 3 is 2.46 bits per heavy atom. The van der Waals surface area contributed by atoms with E-state index in [1.165, 1.54) is 11.8 Å². The fourth-order valence-corrected chi connectivity index (χ4v) is 4.35. The van der Waals surface area contributed by atoms with Gasteiger partial charge in [0.2, 0.25) is 5.91 Å². The lowest BCUT2D eigenvalue weighted by Gasteiger charge is -2.25. The van der Waals surface area contributed by atoms with Crippen LogP contribution in [-0.4, -0.2) is 49.7 Å². The Morgan fingerprint density at radius 2 is 1.85 bits per heavy atom. The first-order valence-electron chi connectivity index (χ1n) is 8.56. The second-order valence-corrected chi connectivity index (χ2v) is 8.15. The van der Waals surface area contributed by atoms with Gasteiger partial charge in [-0.15, -0.1) is 0 Å². The highest BCUT2D eigenvalue weighted by molar-refractivity contribution is 9.11. The lowest BCUT2D eigenvalue weighted by atomic mass is 10.3. The Hall–Kier alpha value is -0.570. The van der Waals surface area contributed by atoms with Crippen LogP contribution in [0.4, 0.5) is 5.69 Å². The summed E-state index contributed by atoms with van der Waals surface area (Å²) in [5, 5.41) is 0. The Morgan fingerprint density at radius 1 is 1.15 bits per heavy atom. The number of ether oxygens (including phenoxy) is 2. The van der Waals surface area contributed by atoms with Gasteiger partial charge in [-0.25, -0.2) is 0 Å². The molecule has 0 atom stereocenters. The normalized spacial score (nSPS) is 10.6. The van der Waals surface area contributed by atoms with Crippen molar-refractivity contribution in [1.29, 1.82) is 0 Å². The lowest BCUT2D eigenvalue weighted by molar-refractivity contribution is -0.142. The fourth-order valence-electron chi connectivity index (χ4n) is 2.14. The third-order valence-electron chi connectivity index (χ3n) is 3.30. The third-order valence-corrected chi connectivity index (χ3v) is 5.52. The monoisotopic (exact) mass is 509 g/mol. The Balaban J connectivity index is 2.68. The highest BCUT2D eigenvalue weighted by Crippen LogP contribution is 2.34. The van der Waals surface area contributed by atoms with Crippen LogP contribution < -0.4 is 4.90 Å². The molecule has 1 rings (SSSR count). The number of carbonyl (C=O) groups excluding carboxylic acids is 2. The average molecular weight is 511 g/mol. The molecule has 0 saturated heterocycles. The summed E-state index contributed by atoms with van der Waals surface area (Å²) in [6.45, 7) is 5.83. The van der Waals surface area contributed by atoms with E-state index < -0.39 is 0 Å². The topological polar surface area (TPSA) is 55.8 Å². The number of esters is 1. The second kappa shape index (κ2) is 13.6. The highest BCUT2D eigenvalue weighted by atomic mass is 79.9. The first kappa shape index (κ1) is 23.5. The summed E-state index contributed by atoms with van der Waals surface area (Å²) < 4.78 is 12.1. The molecule has 0 aromatic heterocycles. The summed E-state index contributed by atoms with van der Waals surface area (Å²) in [5.74, 6) is 0.598. The molecule has 0 aliphatic carbocycles. The van der Waals surface area contributed by atoms with Gasteiger partial charge >= 0.3 is 5.97 Å². The summed E-state index contributed by atoms with van der Waals surface area (Å²) in [4.78, 5) is 25.9. The molecule has 0 fully saturated rings. The predicted octanol–water partition coefficient (Wildman–Crippen LogP) is 4.66. The predicted molar refractivity (Wildman–Crippen MR) is 114 cm³/mol. The zero-order chi connectivity index (χ0) is 19.4. The summed E-state index contributed by atoms with van der Waals surface area (Å²) in [7, 11) is 0. The minimum absolute atomic E-state index is 0.0217. The highest BCUT2D eigenvalue weighted by Gasteiger charge is 2.20. The molecular weight excluding hydrogens is 486 g/mol. The molecule has 1 amide bonds. The summed E-state index contributed by atoms with van der Waals surface area (Å²) in [6, 6.07) is 5.71. The van der Waals surface area contributed by atoms with E-state index in [0.717, 1.165) is 21.1 Å². The molecule has 26 heavy (non-hydrogen) atoms. The quantitative estimate of drug-likeness (QED) is 0.302. The molecule has 0 N–H and O–H groups in total. The summed E-state index contributed by atoms with van der Waals surface area (Å²) in [5.41, 5.74) is 0.795. The minimum Gasteiger partial charge on any atom is -0.466 e. The molecular formula is C18H25Br2NO4S. The van der Waals surface area contributed by atoms with Crippen LogP contribution in [-0.2, 0) is 19.1 Å². The van der Waals surface area contributed by atoms with Crippen molar-refractivity contribution in [3.05, 3.63) is 27.1 Å². The van der Waals surface area contributed by atoms with E-state index in [1.807, 2.05) is 25.1 Å². The van der Waals surface area contributed by atoms with Gasteiger partial charge in [-0.3, -0.25) is 9.59 Å². The van der Waals surface area contributed by atoms with Crippen LogP contribution >= 0.6 is 43.6 Å². The van der Waals surface area contributed by atoms with E-state index in [-0.39, 0.29) is 11.9 Å². The Kier molecular flexibility index (Phi) is 12.3. The van der Waals surface area contributed by atoms with E-state index in [2.05, 4.69) is 31.9 Å². The van der Waals surface area contributed by atoms with Crippen LogP contribution in [0.3, 0.4) is 0 Å². The maximum Gasteiger partial charge on any atom is 0.306 e. The van der Waals surface area contributed by atoms with E-state index in [0.29, 0.717) is 44.3 Å². The average Bonchev–Trinajstić information content (AvgIpc) is 2.60. The van der Waals surface area contributed by atoms with Crippen molar-refractivity contribution in [2.75, 3.05) is 42.8 Å². The van der Waals surface area contributed by atoms with Crippen molar-refractivity contribution < 1.29 is 19.1 Å². The molecule has 0 spiro atoms. The maximum atomic E-state index is 12.8. The zero-order valence-corrected chi connectivity index (χ0v) is 19.1. The fraction of sp³-hybridized carbons (Fsp3) is 0.556. The van der Waals surface area contributed by atoms with E-state index in [1.54, 1.807) is 11.8 Å². The van der Waals surface area contributed by atoms with Crippen molar-refractivity contribution in [2.45, 2.75) is 26.7 Å². The number of anilines is 1. The van der Waals surface area contributed by atoms with Crippen molar-refractivity contribution in [3.63, 3.8) is 0 Å². The van der Waals surface area contributed by atoms with E-state index in [9.17, 15) is 9.59 Å². The number of carbonyl (C=O) groups is 2. The van der Waals surface area contributed by atoms with Gasteiger partial charge in [-0.1, -0.05) is 13.0 Å². The number of hydrogen-bond donors (Lipinski definition) is 0. The standard InChI is InChI=1S/C18H25Br2NO4S/c1-3-10-24-11-9-21(18-14(19)6-5-7-15(18)20)16(22)13-26-12-8-17(23)25-4-2/h5-7H,3-4,8-13H2,1-2H3. The molecule has 1 aromatic carbocycles. The zero-order valence-electron chi connectivity index (χ0n) is 15.1. The molecule has 0 unspecified atom stereocenters. The Bertz CT molecular complexity index is 566. The van der Waals surface area contributed by atoms with Crippen LogP contribution in [0.2, 0.25) is 0 Å². The lowest BCUT2D eigenvalue weighted by Crippen LogP contribution is -2.36. The first-order valence-corrected chi connectivity index (χ1v) is 11.3. The Labute approximate surface area is 176 Å². The van der Waals surface area contributed by atoms with Crippen LogP contribution in [0.5, 0.6) is 0 Å². The molecule has 1 aromatic rings. The number of thioether (sulfide) groups is 1. The van der Waals surface area contributed by atoms with Crippen molar-refractivity contribution in [2.24, 2.45) is 0 Å². The smallest absolute Gasteiger partial charge is 0.306 e. The van der Waals surface area contributed by atoms with Gasteiger partial charge in [0.15, 0.2) is 0 Å². The van der Waals surface area contributed by atoms with Gasteiger partial charge in [0, 0.05) is 27.8 Å². The molecule has 0 radical (unpaired) electrons. The van der Waals surface area contributed by atoms with Crippen LogP contribution in [0.15, 0.2) is 27.1 Å². The summed E-state index contributed by atoms with van der Waals surface area (Å²) >= 11 is 8.48. The van der Waals surface area contributed by atoms with Gasteiger partial charge in [-0.05, 0) is 57.3 Å². The van der Waals surface area contributed by atoms with Crippen LogP contribution in [0.25, 0.3) is 0 Å². The molecule has 0 aliphatic heterocycles. The van der Waals surface area contributed by atoms with Gasteiger partial charge in [-0.2, -0.15) is 11.8 Å². The molecule has 0 bridgehead atoms. The molecule has 5 nitrogen and oxygen atoms in total. The molecule has 8 heteroatoms. The number of amides is 1. The van der Waals surface area contributed by atoms with Crippen LogP contribution in [0, 0.1) is 0 Å². The second-order valence-electron chi connectivity index (χ2n) is 5.34. The molecule has 0 saturated carbocycles. The van der Waals surface area contributed by atoms with Crippen molar-refractivity contribution >= 4 is 61.2 Å². The number of hydrogen-bond acceptors (Lipinski definition) is 5. The van der Waals surface area contributed by atoms with Crippen LogP contribution in [0.1, 0.15) is 26.7 Å². The largest absolute Gasteiger partial charge is 0.466 e. The number of rotatable bonds is 12. The molecule has 0 heterocycles. The third kappa shape index (κ3) is 8.41.